The van der Waals surface area contributed by atoms with E-state index in [1.165, 1.54) is 12.8 Å². The lowest BCUT2D eigenvalue weighted by Crippen LogP contribution is -2.35. The van der Waals surface area contributed by atoms with E-state index in [0.29, 0.717) is 11.3 Å². The highest BCUT2D eigenvalue weighted by Gasteiger charge is 2.45. The summed E-state index contributed by atoms with van der Waals surface area (Å²) in [5, 5.41) is 4.09. The van der Waals surface area contributed by atoms with Crippen molar-refractivity contribution in [2.75, 3.05) is 0 Å². The first kappa shape index (κ1) is 10.3. The Morgan fingerprint density at radius 2 is 2.06 bits per heavy atom. The summed E-state index contributed by atoms with van der Waals surface area (Å²) in [6, 6.07) is 0. The van der Waals surface area contributed by atoms with Crippen molar-refractivity contribution in [2.24, 2.45) is 11.1 Å². The van der Waals surface area contributed by atoms with E-state index in [4.69, 9.17) is 10.3 Å². The van der Waals surface area contributed by atoms with Crippen LogP contribution in [0.2, 0.25) is 0 Å². The second kappa shape index (κ2) is 3.06. The number of hydrogen-bond acceptors (Lipinski definition) is 4. The van der Waals surface area contributed by atoms with E-state index in [0.717, 1.165) is 31.0 Å². The molecule has 1 heterocycles. The highest BCUT2D eigenvalue weighted by Crippen LogP contribution is 2.47. The van der Waals surface area contributed by atoms with Crippen molar-refractivity contribution in [1.29, 1.82) is 0 Å². The SMILES string of the molecule is CC1(C)CCC(N)(c2noc(C3CC3)n2)C1. The van der Waals surface area contributed by atoms with E-state index in [9.17, 15) is 0 Å². The largest absolute Gasteiger partial charge is 0.339 e. The number of nitrogens with two attached hydrogens (primary N) is 1. The van der Waals surface area contributed by atoms with Crippen molar-refractivity contribution < 1.29 is 4.52 Å². The van der Waals surface area contributed by atoms with Crippen molar-refractivity contribution in [3.63, 3.8) is 0 Å². The lowest BCUT2D eigenvalue weighted by atomic mass is 9.88. The predicted molar refractivity (Wildman–Crippen MR) is 59.8 cm³/mol. The Morgan fingerprint density at radius 3 is 2.62 bits per heavy atom. The number of rotatable bonds is 2. The molecule has 0 radical (unpaired) electrons. The fourth-order valence-electron chi connectivity index (χ4n) is 2.72. The number of hydrogen-bond donors (Lipinski definition) is 1. The Morgan fingerprint density at radius 1 is 1.31 bits per heavy atom. The van der Waals surface area contributed by atoms with Crippen molar-refractivity contribution in [1.82, 2.24) is 10.1 Å². The van der Waals surface area contributed by atoms with E-state index in [1.54, 1.807) is 0 Å². The van der Waals surface area contributed by atoms with Crippen LogP contribution in [0.5, 0.6) is 0 Å². The molecule has 3 rings (SSSR count). The molecule has 4 heteroatoms. The van der Waals surface area contributed by atoms with Crippen LogP contribution in [0, 0.1) is 5.41 Å². The van der Waals surface area contributed by atoms with Crippen LogP contribution in [0.1, 0.15) is 63.6 Å². The van der Waals surface area contributed by atoms with Gasteiger partial charge in [-0.2, -0.15) is 4.98 Å². The first-order chi connectivity index (χ1) is 7.49. The van der Waals surface area contributed by atoms with Gasteiger partial charge in [0.15, 0.2) is 5.82 Å². The van der Waals surface area contributed by atoms with Gasteiger partial charge in [-0.05, 0) is 37.5 Å². The fourth-order valence-corrected chi connectivity index (χ4v) is 2.72. The van der Waals surface area contributed by atoms with Crippen LogP contribution >= 0.6 is 0 Å². The molecule has 2 aliphatic carbocycles. The summed E-state index contributed by atoms with van der Waals surface area (Å²) in [5.74, 6) is 2.03. The molecule has 2 fully saturated rings. The summed E-state index contributed by atoms with van der Waals surface area (Å²) in [5.41, 5.74) is 6.34. The van der Waals surface area contributed by atoms with Gasteiger partial charge in [0.2, 0.25) is 5.89 Å². The minimum absolute atomic E-state index is 0.301. The lowest BCUT2D eigenvalue weighted by molar-refractivity contribution is 0.315. The maximum atomic E-state index is 6.40. The molecular formula is C12H19N3O. The molecule has 1 unspecified atom stereocenters. The Labute approximate surface area is 95.6 Å². The third kappa shape index (κ3) is 1.65. The molecule has 16 heavy (non-hydrogen) atoms. The summed E-state index contributed by atoms with van der Waals surface area (Å²) in [6.45, 7) is 4.51. The average Bonchev–Trinajstić information content (AvgIpc) is 2.84. The Hall–Kier alpha value is -0.900. The zero-order valence-electron chi connectivity index (χ0n) is 9.99. The van der Waals surface area contributed by atoms with Crippen LogP contribution in [0.4, 0.5) is 0 Å². The van der Waals surface area contributed by atoms with Crippen molar-refractivity contribution in [3.8, 4) is 0 Å². The van der Waals surface area contributed by atoms with E-state index < -0.39 is 0 Å². The minimum Gasteiger partial charge on any atom is -0.339 e. The van der Waals surface area contributed by atoms with Crippen molar-refractivity contribution in [2.45, 2.75) is 57.4 Å². The van der Waals surface area contributed by atoms with E-state index >= 15 is 0 Å². The van der Waals surface area contributed by atoms with Gasteiger partial charge >= 0.3 is 0 Å². The topological polar surface area (TPSA) is 64.9 Å². The molecule has 0 aliphatic heterocycles. The highest BCUT2D eigenvalue weighted by atomic mass is 16.5. The monoisotopic (exact) mass is 221 g/mol. The van der Waals surface area contributed by atoms with Crippen molar-refractivity contribution >= 4 is 0 Å². The predicted octanol–water partition coefficient (Wildman–Crippen LogP) is 2.31. The minimum atomic E-state index is -0.361. The quantitative estimate of drug-likeness (QED) is 0.832. The number of nitrogens with zero attached hydrogens (tertiary/aromatic N) is 2. The highest BCUT2D eigenvalue weighted by molar-refractivity contribution is 5.12. The van der Waals surface area contributed by atoms with Gasteiger partial charge in [-0.3, -0.25) is 0 Å². The first-order valence-electron chi connectivity index (χ1n) is 6.12. The lowest BCUT2D eigenvalue weighted by Gasteiger charge is -2.22. The van der Waals surface area contributed by atoms with Crippen LogP contribution in [-0.2, 0) is 5.54 Å². The first-order valence-corrected chi connectivity index (χ1v) is 6.12. The molecule has 4 nitrogen and oxygen atoms in total. The molecule has 88 valence electrons. The van der Waals surface area contributed by atoms with E-state index in [-0.39, 0.29) is 5.54 Å². The number of aromatic nitrogens is 2. The molecule has 2 saturated carbocycles. The Bertz CT molecular complexity index is 408. The van der Waals surface area contributed by atoms with Gasteiger partial charge in [0, 0.05) is 5.92 Å². The summed E-state index contributed by atoms with van der Waals surface area (Å²) >= 11 is 0. The summed E-state index contributed by atoms with van der Waals surface area (Å²) < 4.78 is 5.29. The molecule has 0 saturated heterocycles. The smallest absolute Gasteiger partial charge is 0.229 e. The Balaban J connectivity index is 1.85. The molecule has 2 aliphatic rings. The third-order valence-corrected chi connectivity index (χ3v) is 3.86. The molecule has 1 aromatic heterocycles. The third-order valence-electron chi connectivity index (χ3n) is 3.86. The summed E-state index contributed by atoms with van der Waals surface area (Å²) in [6.07, 6.45) is 5.42. The zero-order chi connectivity index (χ0) is 11.4. The van der Waals surface area contributed by atoms with Gasteiger partial charge < -0.3 is 10.3 Å². The summed E-state index contributed by atoms with van der Waals surface area (Å²) in [4.78, 5) is 4.49. The van der Waals surface area contributed by atoms with Gasteiger partial charge in [0.1, 0.15) is 0 Å². The van der Waals surface area contributed by atoms with Gasteiger partial charge in [0.25, 0.3) is 0 Å². The normalized spacial score (nSPS) is 33.2. The maximum Gasteiger partial charge on any atom is 0.229 e. The molecule has 0 aromatic carbocycles. The molecule has 1 atom stereocenters. The molecule has 0 amide bonds. The van der Waals surface area contributed by atoms with Crippen LogP contribution in [0.25, 0.3) is 0 Å². The van der Waals surface area contributed by atoms with Crippen LogP contribution < -0.4 is 5.73 Å². The zero-order valence-corrected chi connectivity index (χ0v) is 9.99. The van der Waals surface area contributed by atoms with Gasteiger partial charge in [-0.25, -0.2) is 0 Å². The standard InChI is InChI=1S/C12H19N3O/c1-11(2)5-6-12(13,7-11)10-14-9(16-15-10)8-3-4-8/h8H,3-7,13H2,1-2H3. The van der Waals surface area contributed by atoms with Crippen molar-refractivity contribution in [3.05, 3.63) is 11.7 Å². The molecule has 1 aromatic rings. The fraction of sp³-hybridized carbons (Fsp3) is 0.833. The van der Waals surface area contributed by atoms with E-state index in [2.05, 4.69) is 24.0 Å². The van der Waals surface area contributed by atoms with Crippen LogP contribution in [0.3, 0.4) is 0 Å². The summed E-state index contributed by atoms with van der Waals surface area (Å²) in [7, 11) is 0. The van der Waals surface area contributed by atoms with Gasteiger partial charge in [-0.15, -0.1) is 0 Å². The average molecular weight is 221 g/mol. The van der Waals surface area contributed by atoms with Gasteiger partial charge in [-0.1, -0.05) is 19.0 Å². The Kier molecular flexibility index (Phi) is 1.97. The maximum absolute atomic E-state index is 6.40. The van der Waals surface area contributed by atoms with Crippen LogP contribution in [-0.4, -0.2) is 10.1 Å². The second-order valence-electron chi connectivity index (χ2n) is 6.23. The van der Waals surface area contributed by atoms with E-state index in [1.807, 2.05) is 0 Å². The molecule has 0 spiro atoms. The second-order valence-corrected chi connectivity index (χ2v) is 6.23. The molecule has 2 N–H and O–H groups in total. The molecular weight excluding hydrogens is 202 g/mol. The molecule has 0 bridgehead atoms. The van der Waals surface area contributed by atoms with Gasteiger partial charge in [0.05, 0.1) is 5.54 Å². The van der Waals surface area contributed by atoms with Crippen LogP contribution in [0.15, 0.2) is 4.52 Å².